The predicted octanol–water partition coefficient (Wildman–Crippen LogP) is -1.17. The van der Waals surface area contributed by atoms with Crippen molar-refractivity contribution >= 4 is 53.3 Å². The van der Waals surface area contributed by atoms with Gasteiger partial charge in [-0.05, 0) is 57.0 Å². The highest BCUT2D eigenvalue weighted by atomic mass is 32.2. The van der Waals surface area contributed by atoms with Crippen molar-refractivity contribution in [3.05, 3.63) is 0 Å². The average molecular weight is 602 g/mol. The van der Waals surface area contributed by atoms with Crippen LogP contribution in [-0.4, -0.2) is 122 Å². The van der Waals surface area contributed by atoms with Crippen LogP contribution in [0, 0.1) is 0 Å². The molecule has 15 nitrogen and oxygen atoms in total. The van der Waals surface area contributed by atoms with E-state index >= 15 is 0 Å². The average Bonchev–Trinajstić information content (AvgIpc) is 3.61. The largest absolute Gasteiger partial charge is 0.481 e. The molecular formula is C25H39N5O10S. The highest BCUT2D eigenvalue weighted by Crippen LogP contribution is 2.26. The molecule has 5 atom stereocenters. The van der Waals surface area contributed by atoms with E-state index in [1.54, 1.807) is 6.26 Å². The summed E-state index contributed by atoms with van der Waals surface area (Å²) in [6.07, 6.45) is 2.39. The fourth-order valence-electron chi connectivity index (χ4n) is 4.97. The Hall–Kier alpha value is -3.40. The summed E-state index contributed by atoms with van der Waals surface area (Å²) in [4.78, 5) is 88.9. The number of hydrogen-bond acceptors (Lipinski definition) is 9. The van der Waals surface area contributed by atoms with Crippen LogP contribution in [0.4, 0.5) is 0 Å². The lowest BCUT2D eigenvalue weighted by Crippen LogP contribution is -2.57. The van der Waals surface area contributed by atoms with E-state index in [2.05, 4.69) is 10.6 Å². The second-order valence-corrected chi connectivity index (χ2v) is 11.1. The highest BCUT2D eigenvalue weighted by Gasteiger charge is 2.43. The number of aliphatic carboxylic acids is 3. The Balaban J connectivity index is 2.13. The lowest BCUT2D eigenvalue weighted by atomic mass is 10.1. The molecule has 0 aromatic heterocycles. The SMILES string of the molecule is CSCCC(NC(=O)C(CCC(=O)O)NC(=O)C1CCCN1C(=O)C1CCCN1C(=O)C(N)CCC(=O)O)C(=O)O. The molecule has 230 valence electrons. The third-order valence-corrected chi connectivity index (χ3v) is 7.79. The Labute approximate surface area is 241 Å². The van der Waals surface area contributed by atoms with Crippen LogP contribution in [0.1, 0.15) is 57.8 Å². The van der Waals surface area contributed by atoms with Crippen LogP contribution in [0.15, 0.2) is 0 Å². The van der Waals surface area contributed by atoms with Crippen LogP contribution in [0.3, 0.4) is 0 Å². The van der Waals surface area contributed by atoms with Crippen LogP contribution in [-0.2, 0) is 33.6 Å². The number of likely N-dealkylation sites (tertiary alicyclic amines) is 2. The molecule has 16 heteroatoms. The number of rotatable bonds is 16. The van der Waals surface area contributed by atoms with Gasteiger partial charge in [-0.1, -0.05) is 0 Å². The molecule has 0 aromatic rings. The zero-order valence-corrected chi connectivity index (χ0v) is 23.8. The van der Waals surface area contributed by atoms with Gasteiger partial charge < -0.3 is 41.5 Å². The molecule has 0 aromatic carbocycles. The van der Waals surface area contributed by atoms with E-state index in [-0.39, 0.29) is 45.2 Å². The van der Waals surface area contributed by atoms with Gasteiger partial charge in [-0.15, -0.1) is 0 Å². The molecule has 0 radical (unpaired) electrons. The molecule has 41 heavy (non-hydrogen) atoms. The maximum absolute atomic E-state index is 13.5. The van der Waals surface area contributed by atoms with E-state index in [1.165, 1.54) is 21.6 Å². The summed E-state index contributed by atoms with van der Waals surface area (Å²) < 4.78 is 0. The first-order chi connectivity index (χ1) is 19.4. The summed E-state index contributed by atoms with van der Waals surface area (Å²) in [6, 6.07) is -5.50. The summed E-state index contributed by atoms with van der Waals surface area (Å²) in [7, 11) is 0. The number of carbonyl (C=O) groups excluding carboxylic acids is 4. The van der Waals surface area contributed by atoms with Crippen LogP contribution in [0.5, 0.6) is 0 Å². The van der Waals surface area contributed by atoms with E-state index in [0.717, 1.165) is 0 Å². The van der Waals surface area contributed by atoms with Crippen molar-refractivity contribution in [3.63, 3.8) is 0 Å². The van der Waals surface area contributed by atoms with Gasteiger partial charge in [0.25, 0.3) is 0 Å². The van der Waals surface area contributed by atoms with Crippen molar-refractivity contribution in [2.24, 2.45) is 5.73 Å². The summed E-state index contributed by atoms with van der Waals surface area (Å²) in [6.45, 7) is 0.488. The van der Waals surface area contributed by atoms with Gasteiger partial charge in [0.2, 0.25) is 23.6 Å². The maximum atomic E-state index is 13.5. The number of nitrogens with one attached hydrogen (secondary N) is 2. The minimum Gasteiger partial charge on any atom is -0.481 e. The molecule has 2 heterocycles. The van der Waals surface area contributed by atoms with Gasteiger partial charge in [0.15, 0.2) is 0 Å². The van der Waals surface area contributed by atoms with Crippen LogP contribution < -0.4 is 16.4 Å². The fourth-order valence-corrected chi connectivity index (χ4v) is 5.44. The van der Waals surface area contributed by atoms with Gasteiger partial charge in [0.05, 0.1) is 6.04 Å². The smallest absolute Gasteiger partial charge is 0.326 e. The predicted molar refractivity (Wildman–Crippen MR) is 146 cm³/mol. The third-order valence-electron chi connectivity index (χ3n) is 7.15. The molecule has 0 aliphatic carbocycles. The van der Waals surface area contributed by atoms with E-state index < -0.39 is 78.2 Å². The van der Waals surface area contributed by atoms with Gasteiger partial charge in [-0.25, -0.2) is 4.79 Å². The number of amides is 4. The normalized spacial score (nSPS) is 20.6. The van der Waals surface area contributed by atoms with Gasteiger partial charge >= 0.3 is 17.9 Å². The number of nitrogens with zero attached hydrogens (tertiary/aromatic N) is 2. The molecule has 2 saturated heterocycles. The number of thioether (sulfide) groups is 1. The lowest BCUT2D eigenvalue weighted by molar-refractivity contribution is -0.147. The summed E-state index contributed by atoms with van der Waals surface area (Å²) in [5.41, 5.74) is 5.89. The molecular weight excluding hydrogens is 562 g/mol. The van der Waals surface area contributed by atoms with Crippen LogP contribution >= 0.6 is 11.8 Å². The molecule has 0 bridgehead atoms. The van der Waals surface area contributed by atoms with Crippen molar-refractivity contribution in [1.29, 1.82) is 0 Å². The number of hydrogen-bond donors (Lipinski definition) is 6. The second kappa shape index (κ2) is 16.1. The quantitative estimate of drug-likeness (QED) is 0.123. The van der Waals surface area contributed by atoms with Crippen molar-refractivity contribution < 1.29 is 48.9 Å². The lowest BCUT2D eigenvalue weighted by Gasteiger charge is -2.32. The monoisotopic (exact) mass is 601 g/mol. The van der Waals surface area contributed by atoms with Crippen molar-refractivity contribution in [2.45, 2.75) is 88.0 Å². The van der Waals surface area contributed by atoms with E-state index in [1.807, 2.05) is 0 Å². The van der Waals surface area contributed by atoms with Crippen LogP contribution in [0.2, 0.25) is 0 Å². The van der Waals surface area contributed by atoms with Crippen molar-refractivity contribution in [1.82, 2.24) is 20.4 Å². The first-order valence-corrected chi connectivity index (χ1v) is 14.9. The van der Waals surface area contributed by atoms with Gasteiger partial charge in [0.1, 0.15) is 24.2 Å². The minimum absolute atomic E-state index is 0.0832. The summed E-state index contributed by atoms with van der Waals surface area (Å²) in [5, 5.41) is 32.3. The van der Waals surface area contributed by atoms with E-state index in [0.29, 0.717) is 25.0 Å². The molecule has 2 fully saturated rings. The zero-order valence-electron chi connectivity index (χ0n) is 23.0. The van der Waals surface area contributed by atoms with Crippen molar-refractivity contribution in [3.8, 4) is 0 Å². The van der Waals surface area contributed by atoms with Crippen molar-refractivity contribution in [2.75, 3.05) is 25.1 Å². The molecule has 4 amide bonds. The number of carboxylic acids is 3. The Bertz CT molecular complexity index is 1010. The maximum Gasteiger partial charge on any atom is 0.326 e. The molecule has 7 N–H and O–H groups in total. The Kier molecular flexibility index (Phi) is 13.3. The first-order valence-electron chi connectivity index (χ1n) is 13.5. The zero-order chi connectivity index (χ0) is 30.7. The Morgan fingerprint density at radius 3 is 2.00 bits per heavy atom. The first kappa shape index (κ1) is 33.8. The molecule has 0 spiro atoms. The topological polar surface area (TPSA) is 237 Å². The number of nitrogens with two attached hydrogens (primary N) is 1. The summed E-state index contributed by atoms with van der Waals surface area (Å²) in [5.74, 6) is -5.65. The van der Waals surface area contributed by atoms with Gasteiger partial charge in [-0.2, -0.15) is 11.8 Å². The molecule has 0 saturated carbocycles. The van der Waals surface area contributed by atoms with Crippen LogP contribution in [0.25, 0.3) is 0 Å². The van der Waals surface area contributed by atoms with E-state index in [4.69, 9.17) is 15.9 Å². The fraction of sp³-hybridized carbons (Fsp3) is 0.720. The Morgan fingerprint density at radius 2 is 1.41 bits per heavy atom. The standard InChI is InChI=1S/C25H39N5O10S/c1-41-13-10-16(25(39)40)28-21(35)15(7-9-20(33)34)27-22(36)17-4-2-11-29(17)24(38)18-5-3-12-30(18)23(37)14(26)6-8-19(31)32/h14-18H,2-13,26H2,1H3,(H,27,36)(H,28,35)(H,31,32)(H,33,34)(H,39,40). The second-order valence-electron chi connectivity index (χ2n) is 10.1. The summed E-state index contributed by atoms with van der Waals surface area (Å²) >= 11 is 1.39. The molecule has 2 aliphatic heterocycles. The minimum atomic E-state index is -1.34. The highest BCUT2D eigenvalue weighted by molar-refractivity contribution is 7.98. The number of carbonyl (C=O) groups is 7. The molecule has 5 unspecified atom stereocenters. The molecule has 2 rings (SSSR count). The van der Waals surface area contributed by atoms with E-state index in [9.17, 15) is 38.7 Å². The third kappa shape index (κ3) is 9.88. The van der Waals surface area contributed by atoms with Gasteiger partial charge in [0, 0.05) is 25.9 Å². The van der Waals surface area contributed by atoms with Gasteiger partial charge in [-0.3, -0.25) is 28.8 Å². The number of carboxylic acid groups (broad SMARTS) is 3. The molecule has 2 aliphatic rings. The Morgan fingerprint density at radius 1 is 0.829 bits per heavy atom.